The van der Waals surface area contributed by atoms with Crippen LogP contribution < -0.4 is 15.4 Å². The van der Waals surface area contributed by atoms with E-state index in [1.165, 1.54) is 16.2 Å². The summed E-state index contributed by atoms with van der Waals surface area (Å²) in [7, 11) is 0. The highest BCUT2D eigenvalue weighted by molar-refractivity contribution is 7.17. The summed E-state index contributed by atoms with van der Waals surface area (Å²) in [6.07, 6.45) is 7.39. The molecule has 0 spiro atoms. The number of carbonyl (C=O) groups excluding carboxylic acids is 2. The first-order chi connectivity index (χ1) is 15.1. The van der Waals surface area contributed by atoms with Gasteiger partial charge in [0.15, 0.2) is 6.61 Å². The Balaban J connectivity index is 1.46. The van der Waals surface area contributed by atoms with Crippen LogP contribution in [-0.2, 0) is 24.2 Å². The number of aryl methyl sites for hydroxylation is 2. The number of nitrogens with one attached hydrogen (secondary N) is 2. The maximum Gasteiger partial charge on any atom is 0.262 e. The standard InChI is InChI=1S/C24H25N3O3S/c1-16-8-10-18(11-9-16)30-15-21(28)27-24-22(19-6-2-3-7-20(19)31-24)23(29)26-14-17-5-4-12-25-13-17/h4-5,8-13H,2-3,6-7,14-15H2,1H3,(H,26,29)(H,27,28). The highest BCUT2D eigenvalue weighted by Crippen LogP contribution is 2.38. The van der Waals surface area contributed by atoms with Crippen LogP contribution in [0.2, 0.25) is 0 Å². The normalized spacial score (nSPS) is 12.7. The summed E-state index contributed by atoms with van der Waals surface area (Å²) in [4.78, 5) is 30.9. The maximum absolute atomic E-state index is 13.1. The quantitative estimate of drug-likeness (QED) is 0.581. The van der Waals surface area contributed by atoms with Crippen LogP contribution >= 0.6 is 11.3 Å². The van der Waals surface area contributed by atoms with Crippen molar-refractivity contribution in [1.82, 2.24) is 10.3 Å². The van der Waals surface area contributed by atoms with Gasteiger partial charge in [0.2, 0.25) is 0 Å². The molecule has 31 heavy (non-hydrogen) atoms. The summed E-state index contributed by atoms with van der Waals surface area (Å²) in [6, 6.07) is 11.3. The van der Waals surface area contributed by atoms with Gasteiger partial charge in [0.1, 0.15) is 10.8 Å². The number of aromatic nitrogens is 1. The Morgan fingerprint density at radius 3 is 2.71 bits per heavy atom. The van der Waals surface area contributed by atoms with Crippen molar-refractivity contribution in [3.8, 4) is 5.75 Å². The van der Waals surface area contributed by atoms with Crippen molar-refractivity contribution in [2.75, 3.05) is 11.9 Å². The molecule has 6 nitrogen and oxygen atoms in total. The molecule has 7 heteroatoms. The molecule has 0 atom stereocenters. The highest BCUT2D eigenvalue weighted by Gasteiger charge is 2.26. The molecule has 0 aliphatic heterocycles. The Morgan fingerprint density at radius 1 is 1.13 bits per heavy atom. The van der Waals surface area contributed by atoms with Gasteiger partial charge < -0.3 is 15.4 Å². The molecule has 0 fully saturated rings. The number of amides is 2. The van der Waals surface area contributed by atoms with Gasteiger partial charge in [-0.15, -0.1) is 11.3 Å². The van der Waals surface area contributed by atoms with Crippen molar-refractivity contribution >= 4 is 28.2 Å². The molecule has 4 rings (SSSR count). The number of anilines is 1. The molecule has 0 bridgehead atoms. The van der Waals surface area contributed by atoms with Crippen molar-refractivity contribution in [3.05, 3.63) is 75.9 Å². The van der Waals surface area contributed by atoms with Gasteiger partial charge in [-0.25, -0.2) is 0 Å². The summed E-state index contributed by atoms with van der Waals surface area (Å²) in [5.74, 6) is 0.194. The average molecular weight is 436 g/mol. The smallest absolute Gasteiger partial charge is 0.262 e. The summed E-state index contributed by atoms with van der Waals surface area (Å²) >= 11 is 1.50. The Hall–Kier alpha value is -3.19. The lowest BCUT2D eigenvalue weighted by Crippen LogP contribution is -2.26. The van der Waals surface area contributed by atoms with Crippen molar-refractivity contribution in [3.63, 3.8) is 0 Å². The molecule has 2 amide bonds. The molecule has 3 aromatic rings. The van der Waals surface area contributed by atoms with Crippen LogP contribution in [0.25, 0.3) is 0 Å². The van der Waals surface area contributed by atoms with Gasteiger partial charge in [-0.1, -0.05) is 23.8 Å². The third kappa shape index (κ3) is 5.30. The van der Waals surface area contributed by atoms with Gasteiger partial charge in [0, 0.05) is 23.8 Å². The predicted octanol–water partition coefficient (Wildman–Crippen LogP) is 4.28. The molecule has 0 saturated heterocycles. The number of pyridine rings is 1. The molecular weight excluding hydrogens is 410 g/mol. The fraction of sp³-hybridized carbons (Fsp3) is 0.292. The number of thiophene rings is 1. The molecule has 2 N–H and O–H groups in total. The van der Waals surface area contributed by atoms with Gasteiger partial charge in [-0.3, -0.25) is 14.6 Å². The van der Waals surface area contributed by atoms with E-state index in [0.717, 1.165) is 42.4 Å². The van der Waals surface area contributed by atoms with Crippen molar-refractivity contribution < 1.29 is 14.3 Å². The number of ether oxygens (including phenoxy) is 1. The van der Waals surface area contributed by atoms with Crippen LogP contribution in [0.1, 0.15) is 44.8 Å². The summed E-state index contributed by atoms with van der Waals surface area (Å²) in [6.45, 7) is 2.28. The second kappa shape index (κ2) is 9.75. The van der Waals surface area contributed by atoms with Gasteiger partial charge in [0.25, 0.3) is 11.8 Å². The number of nitrogens with zero attached hydrogens (tertiary/aromatic N) is 1. The van der Waals surface area contributed by atoms with E-state index in [-0.39, 0.29) is 18.4 Å². The first-order valence-electron chi connectivity index (χ1n) is 10.4. The third-order valence-corrected chi connectivity index (χ3v) is 6.43. The lowest BCUT2D eigenvalue weighted by molar-refractivity contribution is -0.118. The van der Waals surface area contributed by atoms with Gasteiger partial charge in [0.05, 0.1) is 5.56 Å². The zero-order chi connectivity index (χ0) is 21.6. The second-order valence-corrected chi connectivity index (χ2v) is 8.71. The van der Waals surface area contributed by atoms with Crippen molar-refractivity contribution in [2.45, 2.75) is 39.2 Å². The Labute approximate surface area is 185 Å². The zero-order valence-electron chi connectivity index (χ0n) is 17.4. The van der Waals surface area contributed by atoms with E-state index in [9.17, 15) is 9.59 Å². The minimum atomic E-state index is -0.277. The van der Waals surface area contributed by atoms with E-state index >= 15 is 0 Å². The van der Waals surface area contributed by atoms with E-state index in [2.05, 4.69) is 15.6 Å². The van der Waals surface area contributed by atoms with Crippen molar-refractivity contribution in [2.24, 2.45) is 0 Å². The fourth-order valence-electron chi connectivity index (χ4n) is 3.61. The van der Waals surface area contributed by atoms with Crippen LogP contribution in [0, 0.1) is 6.92 Å². The van der Waals surface area contributed by atoms with Crippen LogP contribution in [0.3, 0.4) is 0 Å². The highest BCUT2D eigenvalue weighted by atomic mass is 32.1. The fourth-order valence-corrected chi connectivity index (χ4v) is 4.92. The summed E-state index contributed by atoms with van der Waals surface area (Å²) in [5, 5.41) is 6.49. The number of fused-ring (bicyclic) bond motifs is 1. The second-order valence-electron chi connectivity index (χ2n) is 7.61. The molecule has 1 aliphatic rings. The van der Waals surface area contributed by atoms with Crippen LogP contribution in [0.15, 0.2) is 48.8 Å². The zero-order valence-corrected chi connectivity index (χ0v) is 18.3. The minimum absolute atomic E-state index is 0.109. The summed E-state index contributed by atoms with van der Waals surface area (Å²) in [5.41, 5.74) is 3.71. The minimum Gasteiger partial charge on any atom is -0.484 e. The van der Waals surface area contributed by atoms with E-state index in [4.69, 9.17) is 4.74 Å². The molecule has 1 aromatic carbocycles. The number of carbonyl (C=O) groups is 2. The number of hydrogen-bond acceptors (Lipinski definition) is 5. The van der Waals surface area contributed by atoms with Crippen LogP contribution in [-0.4, -0.2) is 23.4 Å². The number of hydrogen-bond donors (Lipinski definition) is 2. The Bertz CT molecular complexity index is 1060. The van der Waals surface area contributed by atoms with Gasteiger partial charge in [-0.2, -0.15) is 0 Å². The molecular formula is C24H25N3O3S. The lowest BCUT2D eigenvalue weighted by atomic mass is 9.95. The van der Waals surface area contributed by atoms with Gasteiger partial charge in [-0.05, 0) is 61.9 Å². The largest absolute Gasteiger partial charge is 0.484 e. The molecule has 0 saturated carbocycles. The molecule has 1 aliphatic carbocycles. The SMILES string of the molecule is Cc1ccc(OCC(=O)Nc2sc3c(c2C(=O)NCc2cccnc2)CCCC3)cc1. The Morgan fingerprint density at radius 2 is 1.94 bits per heavy atom. The first-order valence-corrected chi connectivity index (χ1v) is 11.2. The topological polar surface area (TPSA) is 80.3 Å². The third-order valence-electron chi connectivity index (χ3n) is 5.22. The lowest BCUT2D eigenvalue weighted by Gasteiger charge is -2.13. The Kier molecular flexibility index (Phi) is 6.62. The molecule has 0 radical (unpaired) electrons. The van der Waals surface area contributed by atoms with Gasteiger partial charge >= 0.3 is 0 Å². The molecule has 2 aromatic heterocycles. The van der Waals surface area contributed by atoms with E-state index in [0.29, 0.717) is 22.9 Å². The number of rotatable bonds is 7. The number of benzene rings is 1. The van der Waals surface area contributed by atoms with Crippen LogP contribution in [0.5, 0.6) is 5.75 Å². The van der Waals surface area contributed by atoms with E-state index < -0.39 is 0 Å². The van der Waals surface area contributed by atoms with Crippen LogP contribution in [0.4, 0.5) is 5.00 Å². The molecule has 160 valence electrons. The summed E-state index contributed by atoms with van der Waals surface area (Å²) < 4.78 is 5.59. The maximum atomic E-state index is 13.1. The average Bonchev–Trinajstić information content (AvgIpc) is 3.15. The van der Waals surface area contributed by atoms with Crippen molar-refractivity contribution in [1.29, 1.82) is 0 Å². The molecule has 0 unspecified atom stereocenters. The van der Waals surface area contributed by atoms with E-state index in [1.54, 1.807) is 12.4 Å². The molecule has 2 heterocycles. The monoisotopic (exact) mass is 435 g/mol. The predicted molar refractivity (Wildman–Crippen MR) is 122 cm³/mol. The van der Waals surface area contributed by atoms with E-state index in [1.807, 2.05) is 43.3 Å². The first kappa shape index (κ1) is 21.1.